The minimum absolute atomic E-state index is 0.0859. The molecule has 2 aliphatic heterocycles. The van der Waals surface area contributed by atoms with Crippen LogP contribution < -0.4 is 10.2 Å². The first-order valence-corrected chi connectivity index (χ1v) is 9.95. The number of para-hydroxylation sites is 1. The van der Waals surface area contributed by atoms with E-state index in [0.717, 1.165) is 45.6 Å². The van der Waals surface area contributed by atoms with Gasteiger partial charge in [-0.2, -0.15) is 0 Å². The third kappa shape index (κ3) is 4.97. The molecular formula is C21H33N3O. The van der Waals surface area contributed by atoms with Crippen LogP contribution in [0.25, 0.3) is 0 Å². The molecule has 0 radical (unpaired) electrons. The average Bonchev–Trinajstić information content (AvgIpc) is 3.09. The van der Waals surface area contributed by atoms with Crippen molar-refractivity contribution in [1.29, 1.82) is 0 Å². The number of carbonyl (C=O) groups is 1. The lowest BCUT2D eigenvalue weighted by Crippen LogP contribution is -2.51. The Bertz CT molecular complexity index is 545. The van der Waals surface area contributed by atoms with Gasteiger partial charge in [0.25, 0.3) is 0 Å². The van der Waals surface area contributed by atoms with Gasteiger partial charge in [-0.1, -0.05) is 38.5 Å². The van der Waals surface area contributed by atoms with Crippen LogP contribution in [0.4, 0.5) is 5.69 Å². The minimum atomic E-state index is 0.0859. The van der Waals surface area contributed by atoms with Gasteiger partial charge >= 0.3 is 0 Å². The summed E-state index contributed by atoms with van der Waals surface area (Å²) in [5, 5.41) is 3.26. The lowest BCUT2D eigenvalue weighted by atomic mass is 9.99. The predicted molar refractivity (Wildman–Crippen MR) is 104 cm³/mol. The zero-order chi connectivity index (χ0) is 17.6. The van der Waals surface area contributed by atoms with Gasteiger partial charge in [-0.05, 0) is 49.8 Å². The molecular weight excluding hydrogens is 310 g/mol. The molecule has 4 nitrogen and oxygen atoms in total. The van der Waals surface area contributed by atoms with Crippen molar-refractivity contribution in [2.24, 2.45) is 11.8 Å². The molecule has 2 fully saturated rings. The number of rotatable bonds is 6. The number of anilines is 1. The second-order valence-electron chi connectivity index (χ2n) is 8.08. The van der Waals surface area contributed by atoms with Crippen molar-refractivity contribution in [2.75, 3.05) is 37.6 Å². The maximum absolute atomic E-state index is 12.7. The molecule has 0 bridgehead atoms. The summed E-state index contributed by atoms with van der Waals surface area (Å²) in [7, 11) is 0. The van der Waals surface area contributed by atoms with Crippen LogP contribution in [-0.2, 0) is 4.79 Å². The number of nitrogens with one attached hydrogen (secondary N) is 1. The van der Waals surface area contributed by atoms with Gasteiger partial charge in [-0.15, -0.1) is 0 Å². The standard InChI is InChI=1S/C21H33N3O/c1-17(2)15-24-12-7-6-10-20(24)21(25)22-14-18-11-13-23(16-18)19-8-4-3-5-9-19/h3-5,8-9,17-18,20H,6-7,10-16H2,1-2H3,(H,22,25). The van der Waals surface area contributed by atoms with Gasteiger partial charge < -0.3 is 10.2 Å². The normalized spacial score (nSPS) is 24.7. The number of benzene rings is 1. The van der Waals surface area contributed by atoms with Gasteiger partial charge in [0, 0.05) is 31.9 Å². The van der Waals surface area contributed by atoms with Gasteiger partial charge in [-0.25, -0.2) is 0 Å². The second-order valence-corrected chi connectivity index (χ2v) is 8.08. The maximum Gasteiger partial charge on any atom is 0.237 e. The van der Waals surface area contributed by atoms with Gasteiger partial charge in [0.15, 0.2) is 0 Å². The van der Waals surface area contributed by atoms with E-state index >= 15 is 0 Å². The van der Waals surface area contributed by atoms with Crippen molar-refractivity contribution >= 4 is 11.6 Å². The molecule has 0 saturated carbocycles. The predicted octanol–water partition coefficient (Wildman–Crippen LogP) is 3.14. The van der Waals surface area contributed by atoms with Crippen LogP contribution in [0, 0.1) is 11.8 Å². The van der Waals surface area contributed by atoms with E-state index in [4.69, 9.17) is 0 Å². The second kappa shape index (κ2) is 8.70. The Hall–Kier alpha value is -1.55. The Morgan fingerprint density at radius 3 is 2.72 bits per heavy atom. The number of nitrogens with zero attached hydrogens (tertiary/aromatic N) is 2. The smallest absolute Gasteiger partial charge is 0.237 e. The third-order valence-corrected chi connectivity index (χ3v) is 5.49. The summed E-state index contributed by atoms with van der Waals surface area (Å²) >= 11 is 0. The van der Waals surface area contributed by atoms with Crippen molar-refractivity contribution in [3.8, 4) is 0 Å². The number of amides is 1. The summed E-state index contributed by atoms with van der Waals surface area (Å²) in [6.45, 7) is 9.53. The lowest BCUT2D eigenvalue weighted by Gasteiger charge is -2.35. The van der Waals surface area contributed by atoms with Crippen LogP contribution in [0.2, 0.25) is 0 Å². The Balaban J connectivity index is 1.47. The highest BCUT2D eigenvalue weighted by molar-refractivity contribution is 5.81. The highest BCUT2D eigenvalue weighted by Crippen LogP contribution is 2.23. The van der Waals surface area contributed by atoms with Crippen LogP contribution in [0.15, 0.2) is 30.3 Å². The minimum Gasteiger partial charge on any atom is -0.371 e. The molecule has 0 aromatic heterocycles. The zero-order valence-corrected chi connectivity index (χ0v) is 15.8. The van der Waals surface area contributed by atoms with E-state index in [9.17, 15) is 4.79 Å². The van der Waals surface area contributed by atoms with Crippen molar-refractivity contribution in [2.45, 2.75) is 45.6 Å². The van der Waals surface area contributed by atoms with Crippen LogP contribution in [0.1, 0.15) is 39.5 Å². The van der Waals surface area contributed by atoms with E-state index in [1.807, 2.05) is 0 Å². The topological polar surface area (TPSA) is 35.6 Å². The van der Waals surface area contributed by atoms with Crippen LogP contribution >= 0.6 is 0 Å². The van der Waals surface area contributed by atoms with E-state index < -0.39 is 0 Å². The summed E-state index contributed by atoms with van der Waals surface area (Å²) in [6.07, 6.45) is 4.58. The molecule has 1 aromatic rings. The number of hydrogen-bond acceptors (Lipinski definition) is 3. The number of carbonyl (C=O) groups excluding carboxylic acids is 1. The first kappa shape index (κ1) is 18.2. The molecule has 2 saturated heterocycles. The summed E-state index contributed by atoms with van der Waals surface area (Å²) in [6, 6.07) is 10.7. The van der Waals surface area contributed by atoms with E-state index in [0.29, 0.717) is 11.8 Å². The van der Waals surface area contributed by atoms with E-state index in [-0.39, 0.29) is 11.9 Å². The molecule has 1 amide bonds. The fraction of sp³-hybridized carbons (Fsp3) is 0.667. The van der Waals surface area contributed by atoms with E-state index in [1.165, 1.54) is 18.5 Å². The van der Waals surface area contributed by atoms with Crippen molar-refractivity contribution in [3.05, 3.63) is 30.3 Å². The van der Waals surface area contributed by atoms with Crippen LogP contribution in [0.5, 0.6) is 0 Å². The van der Waals surface area contributed by atoms with Gasteiger partial charge in [0.05, 0.1) is 6.04 Å². The van der Waals surface area contributed by atoms with E-state index in [1.54, 1.807) is 0 Å². The van der Waals surface area contributed by atoms with E-state index in [2.05, 4.69) is 59.3 Å². The third-order valence-electron chi connectivity index (χ3n) is 5.49. The fourth-order valence-electron chi connectivity index (χ4n) is 4.21. The largest absolute Gasteiger partial charge is 0.371 e. The lowest BCUT2D eigenvalue weighted by molar-refractivity contribution is -0.128. The quantitative estimate of drug-likeness (QED) is 0.862. The van der Waals surface area contributed by atoms with Crippen molar-refractivity contribution < 1.29 is 4.79 Å². The molecule has 1 N–H and O–H groups in total. The molecule has 0 aliphatic carbocycles. The Morgan fingerprint density at radius 1 is 1.16 bits per heavy atom. The van der Waals surface area contributed by atoms with Crippen molar-refractivity contribution in [3.63, 3.8) is 0 Å². The van der Waals surface area contributed by atoms with Gasteiger partial charge in [-0.3, -0.25) is 9.69 Å². The molecule has 4 heteroatoms. The molecule has 0 spiro atoms. The van der Waals surface area contributed by atoms with Gasteiger partial charge in [0.1, 0.15) is 0 Å². The fourth-order valence-corrected chi connectivity index (χ4v) is 4.21. The monoisotopic (exact) mass is 343 g/mol. The van der Waals surface area contributed by atoms with Crippen LogP contribution in [0.3, 0.4) is 0 Å². The highest BCUT2D eigenvalue weighted by Gasteiger charge is 2.30. The summed E-state index contributed by atoms with van der Waals surface area (Å²) in [4.78, 5) is 17.6. The molecule has 138 valence electrons. The molecule has 2 aliphatic rings. The van der Waals surface area contributed by atoms with Gasteiger partial charge in [0.2, 0.25) is 5.91 Å². The molecule has 25 heavy (non-hydrogen) atoms. The Labute approximate surface area is 152 Å². The Morgan fingerprint density at radius 2 is 1.96 bits per heavy atom. The molecule has 2 heterocycles. The molecule has 3 rings (SSSR count). The Kier molecular flexibility index (Phi) is 6.35. The summed E-state index contributed by atoms with van der Waals surface area (Å²) < 4.78 is 0. The SMILES string of the molecule is CC(C)CN1CCCCC1C(=O)NCC1CCN(c2ccccc2)C1. The number of likely N-dealkylation sites (tertiary alicyclic amines) is 1. The van der Waals surface area contributed by atoms with Crippen molar-refractivity contribution in [1.82, 2.24) is 10.2 Å². The summed E-state index contributed by atoms with van der Waals surface area (Å²) in [5.74, 6) is 1.42. The maximum atomic E-state index is 12.7. The highest BCUT2D eigenvalue weighted by atomic mass is 16.2. The van der Waals surface area contributed by atoms with Crippen LogP contribution in [-0.4, -0.2) is 49.6 Å². The molecule has 2 unspecified atom stereocenters. The first-order chi connectivity index (χ1) is 12.1. The zero-order valence-electron chi connectivity index (χ0n) is 15.8. The summed E-state index contributed by atoms with van der Waals surface area (Å²) in [5.41, 5.74) is 1.30. The molecule has 2 atom stereocenters. The number of hydrogen-bond donors (Lipinski definition) is 1. The average molecular weight is 344 g/mol. The molecule has 1 aromatic carbocycles. The first-order valence-electron chi connectivity index (χ1n) is 9.95. The number of piperidine rings is 1.